The van der Waals surface area contributed by atoms with E-state index in [-0.39, 0.29) is 0 Å². The first-order valence-corrected chi connectivity index (χ1v) is 7.17. The molecular weight excluding hydrogens is 206 g/mol. The minimum Gasteiger partial charge on any atom is -0.307 e. The van der Waals surface area contributed by atoms with Crippen molar-refractivity contribution in [2.45, 2.75) is 51.1 Å². The van der Waals surface area contributed by atoms with Gasteiger partial charge in [0, 0.05) is 12.1 Å². The predicted octanol–water partition coefficient (Wildman–Crippen LogP) is 3.92. The van der Waals surface area contributed by atoms with Gasteiger partial charge in [-0.2, -0.15) is 0 Å². The summed E-state index contributed by atoms with van der Waals surface area (Å²) in [6.07, 6.45) is 7.06. The Morgan fingerprint density at radius 3 is 2.59 bits per heavy atom. The van der Waals surface area contributed by atoms with Crippen LogP contribution in [0.3, 0.4) is 0 Å². The molecule has 2 fully saturated rings. The molecule has 2 saturated carbocycles. The number of benzene rings is 1. The second-order valence-corrected chi connectivity index (χ2v) is 5.82. The molecule has 3 rings (SSSR count). The number of nitrogens with one attached hydrogen (secondary N) is 1. The molecule has 0 spiro atoms. The molecule has 1 aromatic carbocycles. The van der Waals surface area contributed by atoms with Crippen LogP contribution in [0, 0.1) is 11.8 Å². The van der Waals surface area contributed by atoms with Crippen LogP contribution in [-0.2, 0) is 0 Å². The Hall–Kier alpha value is -0.820. The van der Waals surface area contributed by atoms with Crippen molar-refractivity contribution in [3.05, 3.63) is 35.9 Å². The molecule has 0 heterocycles. The van der Waals surface area contributed by atoms with E-state index >= 15 is 0 Å². The molecule has 0 saturated heterocycles. The van der Waals surface area contributed by atoms with E-state index in [4.69, 9.17) is 0 Å². The summed E-state index contributed by atoms with van der Waals surface area (Å²) in [6, 6.07) is 12.3. The lowest BCUT2D eigenvalue weighted by Crippen LogP contribution is -2.36. The summed E-state index contributed by atoms with van der Waals surface area (Å²) in [7, 11) is 0. The van der Waals surface area contributed by atoms with Crippen LogP contribution in [0.1, 0.15) is 50.6 Å². The maximum absolute atomic E-state index is 3.91. The zero-order valence-corrected chi connectivity index (χ0v) is 10.7. The lowest BCUT2D eigenvalue weighted by Gasteiger charge is -2.28. The lowest BCUT2D eigenvalue weighted by atomic mass is 9.93. The number of hydrogen-bond donors (Lipinski definition) is 1. The largest absolute Gasteiger partial charge is 0.307 e. The minimum atomic E-state index is 0.556. The van der Waals surface area contributed by atoms with Crippen LogP contribution >= 0.6 is 0 Å². The van der Waals surface area contributed by atoms with Crippen molar-refractivity contribution >= 4 is 0 Å². The Labute approximate surface area is 105 Å². The van der Waals surface area contributed by atoms with Crippen LogP contribution in [0.4, 0.5) is 0 Å². The van der Waals surface area contributed by atoms with Crippen LogP contribution < -0.4 is 5.32 Å². The summed E-state index contributed by atoms with van der Waals surface area (Å²) >= 11 is 0. The van der Waals surface area contributed by atoms with E-state index in [0.717, 1.165) is 17.9 Å². The SMILES string of the molecule is CCC(NC1CC2CCC1C2)c1ccccc1. The molecule has 4 atom stereocenters. The van der Waals surface area contributed by atoms with Gasteiger partial charge in [0.15, 0.2) is 0 Å². The van der Waals surface area contributed by atoms with Crippen LogP contribution in [0.5, 0.6) is 0 Å². The Morgan fingerprint density at radius 2 is 2.00 bits per heavy atom. The standard InChI is InChI=1S/C16H23N/c1-2-15(13-6-4-3-5-7-13)17-16-11-12-8-9-14(16)10-12/h3-7,12,14-17H,2,8-11H2,1H3. The van der Waals surface area contributed by atoms with Gasteiger partial charge < -0.3 is 5.32 Å². The molecule has 1 N–H and O–H groups in total. The maximum Gasteiger partial charge on any atom is 0.0320 e. The third-order valence-electron chi connectivity index (χ3n) is 4.76. The van der Waals surface area contributed by atoms with Crippen molar-refractivity contribution in [3.63, 3.8) is 0 Å². The van der Waals surface area contributed by atoms with Gasteiger partial charge in [0.2, 0.25) is 0 Å². The fourth-order valence-electron chi connectivity index (χ4n) is 3.84. The fourth-order valence-corrected chi connectivity index (χ4v) is 3.84. The summed E-state index contributed by atoms with van der Waals surface area (Å²) in [6.45, 7) is 2.29. The summed E-state index contributed by atoms with van der Waals surface area (Å²) in [5.41, 5.74) is 1.46. The average Bonchev–Trinajstić information content (AvgIpc) is 2.99. The Morgan fingerprint density at radius 1 is 1.18 bits per heavy atom. The molecule has 17 heavy (non-hydrogen) atoms. The van der Waals surface area contributed by atoms with Crippen molar-refractivity contribution in [2.24, 2.45) is 11.8 Å². The molecule has 2 aliphatic carbocycles. The molecule has 0 aliphatic heterocycles. The quantitative estimate of drug-likeness (QED) is 0.825. The van der Waals surface area contributed by atoms with Gasteiger partial charge in [0.05, 0.1) is 0 Å². The normalized spacial score (nSPS) is 32.9. The molecule has 0 amide bonds. The number of hydrogen-bond acceptors (Lipinski definition) is 1. The first kappa shape index (κ1) is 11.3. The average molecular weight is 229 g/mol. The van der Waals surface area contributed by atoms with Crippen molar-refractivity contribution in [1.82, 2.24) is 5.32 Å². The first-order valence-electron chi connectivity index (χ1n) is 7.17. The van der Waals surface area contributed by atoms with E-state index in [1.54, 1.807) is 0 Å². The predicted molar refractivity (Wildman–Crippen MR) is 71.8 cm³/mol. The van der Waals surface area contributed by atoms with Crippen LogP contribution in [-0.4, -0.2) is 6.04 Å². The Kier molecular flexibility index (Phi) is 3.19. The molecule has 1 nitrogen and oxygen atoms in total. The van der Waals surface area contributed by atoms with E-state index in [1.807, 2.05) is 0 Å². The van der Waals surface area contributed by atoms with Gasteiger partial charge in [-0.1, -0.05) is 43.7 Å². The second kappa shape index (κ2) is 4.81. The molecule has 1 aromatic rings. The Bertz CT molecular complexity index is 359. The highest BCUT2D eigenvalue weighted by Crippen LogP contribution is 2.45. The van der Waals surface area contributed by atoms with Crippen LogP contribution in [0.25, 0.3) is 0 Å². The number of fused-ring (bicyclic) bond motifs is 2. The third kappa shape index (κ3) is 2.26. The maximum atomic E-state index is 3.91. The highest BCUT2D eigenvalue weighted by atomic mass is 15.0. The molecule has 0 radical (unpaired) electrons. The van der Waals surface area contributed by atoms with E-state index in [9.17, 15) is 0 Å². The second-order valence-electron chi connectivity index (χ2n) is 5.82. The van der Waals surface area contributed by atoms with E-state index in [0.29, 0.717) is 6.04 Å². The molecule has 4 unspecified atom stereocenters. The minimum absolute atomic E-state index is 0.556. The molecule has 0 aromatic heterocycles. The van der Waals surface area contributed by atoms with Gasteiger partial charge in [0.1, 0.15) is 0 Å². The summed E-state index contributed by atoms with van der Waals surface area (Å²) < 4.78 is 0. The van der Waals surface area contributed by atoms with E-state index in [1.165, 1.54) is 37.7 Å². The third-order valence-corrected chi connectivity index (χ3v) is 4.76. The molecular formula is C16H23N. The van der Waals surface area contributed by atoms with Crippen molar-refractivity contribution in [3.8, 4) is 0 Å². The van der Waals surface area contributed by atoms with Gasteiger partial charge in [-0.15, -0.1) is 0 Å². The first-order chi connectivity index (χ1) is 8.36. The number of rotatable bonds is 4. The zero-order chi connectivity index (χ0) is 11.7. The van der Waals surface area contributed by atoms with Gasteiger partial charge in [-0.05, 0) is 43.1 Å². The topological polar surface area (TPSA) is 12.0 Å². The van der Waals surface area contributed by atoms with Crippen molar-refractivity contribution in [2.75, 3.05) is 0 Å². The van der Waals surface area contributed by atoms with Gasteiger partial charge in [0.25, 0.3) is 0 Å². The van der Waals surface area contributed by atoms with Gasteiger partial charge >= 0.3 is 0 Å². The zero-order valence-electron chi connectivity index (χ0n) is 10.7. The van der Waals surface area contributed by atoms with Crippen molar-refractivity contribution < 1.29 is 0 Å². The van der Waals surface area contributed by atoms with Crippen LogP contribution in [0.2, 0.25) is 0 Å². The lowest BCUT2D eigenvalue weighted by molar-refractivity contribution is 0.315. The van der Waals surface area contributed by atoms with Gasteiger partial charge in [-0.25, -0.2) is 0 Å². The van der Waals surface area contributed by atoms with Crippen LogP contribution in [0.15, 0.2) is 30.3 Å². The smallest absolute Gasteiger partial charge is 0.0320 e. The molecule has 2 bridgehead atoms. The van der Waals surface area contributed by atoms with E-state index in [2.05, 4.69) is 42.6 Å². The Balaban J connectivity index is 1.67. The van der Waals surface area contributed by atoms with E-state index < -0.39 is 0 Å². The molecule has 1 heteroatoms. The molecule has 2 aliphatic rings. The fraction of sp³-hybridized carbons (Fsp3) is 0.625. The summed E-state index contributed by atoms with van der Waals surface area (Å²) in [5, 5.41) is 3.91. The summed E-state index contributed by atoms with van der Waals surface area (Å²) in [5.74, 6) is 2.00. The molecule has 92 valence electrons. The monoisotopic (exact) mass is 229 g/mol. The van der Waals surface area contributed by atoms with Crippen molar-refractivity contribution in [1.29, 1.82) is 0 Å². The van der Waals surface area contributed by atoms with Gasteiger partial charge in [-0.3, -0.25) is 0 Å². The highest BCUT2D eigenvalue weighted by Gasteiger charge is 2.39. The highest BCUT2D eigenvalue weighted by molar-refractivity contribution is 5.19. The summed E-state index contributed by atoms with van der Waals surface area (Å²) in [4.78, 5) is 0.